The van der Waals surface area contributed by atoms with Gasteiger partial charge < -0.3 is 9.64 Å². The Hall–Kier alpha value is -2.90. The molecule has 0 aliphatic heterocycles. The molecular weight excluding hydrogens is 310 g/mol. The molecule has 1 aromatic carbocycles. The van der Waals surface area contributed by atoms with Crippen molar-refractivity contribution in [2.75, 3.05) is 19.0 Å². The minimum Gasteiger partial charge on any atom is -0.409 e. The summed E-state index contributed by atoms with van der Waals surface area (Å²) in [5.74, 6) is 0.730. The predicted molar refractivity (Wildman–Crippen MR) is 92.0 cm³/mol. The Morgan fingerprint density at radius 1 is 1.25 bits per heavy atom. The zero-order valence-corrected chi connectivity index (χ0v) is 14.4. The number of carbonyl (C=O) groups is 1. The van der Waals surface area contributed by atoms with E-state index in [1.807, 2.05) is 20.8 Å². The first-order chi connectivity index (χ1) is 11.3. The van der Waals surface area contributed by atoms with Crippen LogP contribution in [0.5, 0.6) is 5.75 Å². The number of ether oxygens (including phenoxy) is 1. The van der Waals surface area contributed by atoms with E-state index >= 15 is 0 Å². The van der Waals surface area contributed by atoms with Crippen molar-refractivity contribution < 1.29 is 9.53 Å². The van der Waals surface area contributed by atoms with Gasteiger partial charge >= 0.3 is 11.8 Å². The van der Waals surface area contributed by atoms with Gasteiger partial charge in [-0.05, 0) is 25.0 Å². The fourth-order valence-corrected chi connectivity index (χ4v) is 1.74. The molecule has 1 aromatic heterocycles. The van der Waals surface area contributed by atoms with Crippen molar-refractivity contribution in [2.45, 2.75) is 20.8 Å². The van der Waals surface area contributed by atoms with E-state index in [1.165, 1.54) is 0 Å². The first-order valence-electron chi connectivity index (χ1n) is 7.53. The zero-order chi connectivity index (χ0) is 17.9. The molecule has 128 valence electrons. The van der Waals surface area contributed by atoms with Crippen molar-refractivity contribution in [1.82, 2.24) is 14.5 Å². The maximum Gasteiger partial charge on any atom is 0.444 e. The second-order valence-electron chi connectivity index (χ2n) is 5.78. The molecule has 1 heterocycles. The lowest BCUT2D eigenvalue weighted by Crippen LogP contribution is -2.31. The third-order valence-corrected chi connectivity index (χ3v) is 3.36. The summed E-state index contributed by atoms with van der Waals surface area (Å²) in [7, 11) is 3.43. The molecular formula is C16H21N5O3. The molecule has 2 rings (SSSR count). The summed E-state index contributed by atoms with van der Waals surface area (Å²) >= 11 is 0. The van der Waals surface area contributed by atoms with Crippen LogP contribution in [0.25, 0.3) is 0 Å². The van der Waals surface area contributed by atoms with Crippen LogP contribution in [0, 0.1) is 5.92 Å². The van der Waals surface area contributed by atoms with Crippen LogP contribution < -0.4 is 15.3 Å². The Morgan fingerprint density at radius 3 is 2.42 bits per heavy atom. The Morgan fingerprint density at radius 2 is 1.88 bits per heavy atom. The van der Waals surface area contributed by atoms with Crippen LogP contribution >= 0.6 is 0 Å². The number of hydrogen-bond donors (Lipinski definition) is 0. The minimum absolute atomic E-state index is 0.159. The Bertz CT molecular complexity index is 803. The van der Waals surface area contributed by atoms with Crippen LogP contribution in [0.4, 0.5) is 10.7 Å². The summed E-state index contributed by atoms with van der Waals surface area (Å²) in [6, 6.07) is 8.49. The van der Waals surface area contributed by atoms with Crippen LogP contribution in [0.3, 0.4) is 0 Å². The van der Waals surface area contributed by atoms with Gasteiger partial charge in [-0.3, -0.25) is 0 Å². The molecule has 0 saturated carbocycles. The molecule has 0 radical (unpaired) electrons. The average molecular weight is 331 g/mol. The van der Waals surface area contributed by atoms with E-state index in [0.29, 0.717) is 10.4 Å². The van der Waals surface area contributed by atoms with Gasteiger partial charge in [0.2, 0.25) is 5.95 Å². The van der Waals surface area contributed by atoms with Crippen LogP contribution in [0.15, 0.2) is 40.2 Å². The summed E-state index contributed by atoms with van der Waals surface area (Å²) in [5.41, 5.74) is 0.0656. The number of carbonyl (C=O) groups excluding carboxylic acids is 1. The van der Waals surface area contributed by atoms with Gasteiger partial charge in [-0.15, -0.1) is 14.5 Å². The zero-order valence-electron chi connectivity index (χ0n) is 14.4. The molecule has 0 saturated heterocycles. The summed E-state index contributed by atoms with van der Waals surface area (Å²) < 4.78 is 6.93. The third kappa shape index (κ3) is 3.70. The lowest BCUT2D eigenvalue weighted by molar-refractivity contribution is 0.197. The maximum absolute atomic E-state index is 12.5. The lowest BCUT2D eigenvalue weighted by atomic mass is 10.1. The normalized spacial score (nSPS) is 11.7. The molecule has 8 heteroatoms. The van der Waals surface area contributed by atoms with E-state index in [0.717, 1.165) is 10.4 Å². The standard InChI is InChI=1S/C16H21N5O3/c1-11(2)12(3)17-20-14(19(4)5)18-21(15(20)22)16(23)24-13-9-7-6-8-10-13/h6-11H,1-5H3. The fourth-order valence-electron chi connectivity index (χ4n) is 1.74. The molecule has 0 unspecified atom stereocenters. The first-order valence-corrected chi connectivity index (χ1v) is 7.53. The number of benzene rings is 1. The second-order valence-corrected chi connectivity index (χ2v) is 5.78. The molecule has 8 nitrogen and oxygen atoms in total. The van der Waals surface area contributed by atoms with E-state index in [9.17, 15) is 9.59 Å². The van der Waals surface area contributed by atoms with Gasteiger partial charge in [0.25, 0.3) is 0 Å². The van der Waals surface area contributed by atoms with Crippen molar-refractivity contribution in [3.05, 3.63) is 40.8 Å². The Kier molecular flexibility index (Phi) is 5.18. The monoisotopic (exact) mass is 331 g/mol. The highest BCUT2D eigenvalue weighted by Gasteiger charge is 2.21. The largest absolute Gasteiger partial charge is 0.444 e. The van der Waals surface area contributed by atoms with E-state index in [-0.39, 0.29) is 11.9 Å². The number of anilines is 1. The first kappa shape index (κ1) is 17.5. The third-order valence-electron chi connectivity index (χ3n) is 3.36. The summed E-state index contributed by atoms with van der Waals surface area (Å²) in [6.45, 7) is 5.75. The molecule has 24 heavy (non-hydrogen) atoms. The van der Waals surface area contributed by atoms with Gasteiger partial charge in [-0.25, -0.2) is 9.59 Å². The van der Waals surface area contributed by atoms with Crippen molar-refractivity contribution in [3.8, 4) is 5.75 Å². The van der Waals surface area contributed by atoms with E-state index < -0.39 is 11.8 Å². The molecule has 0 amide bonds. The minimum atomic E-state index is -0.884. The Labute approximate surface area is 140 Å². The van der Waals surface area contributed by atoms with Crippen molar-refractivity contribution >= 4 is 17.8 Å². The highest BCUT2D eigenvalue weighted by Crippen LogP contribution is 2.10. The predicted octanol–water partition coefficient (Wildman–Crippen LogP) is 2.04. The SMILES string of the molecule is CC(=Nn1c(N(C)C)nn(C(=O)Oc2ccccc2)c1=O)C(C)C. The maximum atomic E-state index is 12.5. The molecule has 0 aliphatic carbocycles. The summed E-state index contributed by atoms with van der Waals surface area (Å²) in [4.78, 5) is 26.4. The number of para-hydroxylation sites is 1. The Balaban J connectivity index is 2.43. The van der Waals surface area contributed by atoms with Gasteiger partial charge in [0, 0.05) is 19.8 Å². The topological polar surface area (TPSA) is 81.7 Å². The van der Waals surface area contributed by atoms with E-state index in [2.05, 4.69) is 10.2 Å². The number of hydrogen-bond acceptors (Lipinski definition) is 6. The number of rotatable bonds is 4. The molecule has 2 aromatic rings. The summed E-state index contributed by atoms with van der Waals surface area (Å²) in [6.07, 6.45) is -0.884. The lowest BCUT2D eigenvalue weighted by Gasteiger charge is -2.10. The van der Waals surface area contributed by atoms with Gasteiger partial charge in [0.15, 0.2) is 0 Å². The number of nitrogens with zero attached hydrogens (tertiary/aromatic N) is 5. The smallest absolute Gasteiger partial charge is 0.409 e. The van der Waals surface area contributed by atoms with Gasteiger partial charge in [-0.1, -0.05) is 32.0 Å². The van der Waals surface area contributed by atoms with Crippen molar-refractivity contribution in [2.24, 2.45) is 11.0 Å². The molecule has 0 aliphatic rings. The van der Waals surface area contributed by atoms with Gasteiger partial charge in [0.05, 0.1) is 0 Å². The molecule has 0 fully saturated rings. The molecule has 0 atom stereocenters. The second kappa shape index (κ2) is 7.12. The van der Waals surface area contributed by atoms with Crippen LogP contribution in [-0.4, -0.2) is 40.4 Å². The molecule has 0 spiro atoms. The van der Waals surface area contributed by atoms with E-state index in [1.54, 1.807) is 49.3 Å². The van der Waals surface area contributed by atoms with Gasteiger partial charge in [-0.2, -0.15) is 5.10 Å². The molecule has 0 N–H and O–H groups in total. The highest BCUT2D eigenvalue weighted by atomic mass is 16.6. The van der Waals surface area contributed by atoms with E-state index in [4.69, 9.17) is 4.74 Å². The number of aromatic nitrogens is 3. The average Bonchev–Trinajstić information content (AvgIpc) is 2.85. The summed E-state index contributed by atoms with van der Waals surface area (Å²) in [5, 5.41) is 8.31. The quantitative estimate of drug-likeness (QED) is 0.801. The van der Waals surface area contributed by atoms with Crippen molar-refractivity contribution in [3.63, 3.8) is 0 Å². The molecule has 0 bridgehead atoms. The fraction of sp³-hybridized carbons (Fsp3) is 0.375. The highest BCUT2D eigenvalue weighted by molar-refractivity contribution is 5.83. The van der Waals surface area contributed by atoms with Gasteiger partial charge in [0.1, 0.15) is 5.75 Å². The van der Waals surface area contributed by atoms with Crippen LogP contribution in [-0.2, 0) is 0 Å². The van der Waals surface area contributed by atoms with Crippen molar-refractivity contribution in [1.29, 1.82) is 0 Å². The van der Waals surface area contributed by atoms with Crippen LogP contribution in [0.1, 0.15) is 20.8 Å². The van der Waals surface area contributed by atoms with Crippen LogP contribution in [0.2, 0.25) is 0 Å².